The number of methoxy groups -OCH3 is 1. The molecule has 1 aromatic carbocycles. The van der Waals surface area contributed by atoms with Gasteiger partial charge in [-0.1, -0.05) is 0 Å². The number of hydrogen-bond acceptors (Lipinski definition) is 5. The van der Waals surface area contributed by atoms with Crippen LogP contribution in [0.3, 0.4) is 0 Å². The van der Waals surface area contributed by atoms with Crippen LogP contribution in [0, 0.1) is 0 Å². The van der Waals surface area contributed by atoms with Crippen molar-refractivity contribution < 1.29 is 9.47 Å². The molecule has 0 aliphatic heterocycles. The highest BCUT2D eigenvalue weighted by molar-refractivity contribution is 14.0. The molecule has 2 N–H and O–H groups in total. The predicted molar refractivity (Wildman–Crippen MR) is 129 cm³/mol. The van der Waals surface area contributed by atoms with Crippen LogP contribution in [0.1, 0.15) is 44.1 Å². The van der Waals surface area contributed by atoms with Crippen molar-refractivity contribution in [2.24, 2.45) is 4.99 Å². The molecule has 2 aromatic rings. The lowest BCUT2D eigenvalue weighted by atomic mass is 10.2. The minimum absolute atomic E-state index is 0. The average Bonchev–Trinajstić information content (AvgIpc) is 3.45. The van der Waals surface area contributed by atoms with E-state index < -0.39 is 0 Å². The number of hydrogen-bond donors (Lipinski definition) is 2. The van der Waals surface area contributed by atoms with E-state index in [4.69, 9.17) is 9.47 Å². The van der Waals surface area contributed by atoms with Gasteiger partial charge in [0.2, 0.25) is 0 Å². The highest BCUT2D eigenvalue weighted by Crippen LogP contribution is 2.29. The molecular formula is C21H33IN6O2. The smallest absolute Gasteiger partial charge is 0.191 e. The molecule has 8 nitrogen and oxygen atoms in total. The lowest BCUT2D eigenvalue weighted by Gasteiger charge is -2.19. The summed E-state index contributed by atoms with van der Waals surface area (Å²) >= 11 is 0. The maximum Gasteiger partial charge on any atom is 0.191 e. The zero-order valence-corrected chi connectivity index (χ0v) is 20.2. The summed E-state index contributed by atoms with van der Waals surface area (Å²) in [5.74, 6) is 2.50. The molecule has 0 spiro atoms. The van der Waals surface area contributed by atoms with Crippen molar-refractivity contribution in [1.29, 1.82) is 0 Å². The summed E-state index contributed by atoms with van der Waals surface area (Å²) in [4.78, 5) is 4.32. The Morgan fingerprint density at radius 2 is 1.93 bits per heavy atom. The zero-order valence-electron chi connectivity index (χ0n) is 17.8. The van der Waals surface area contributed by atoms with Crippen molar-refractivity contribution in [2.45, 2.75) is 57.7 Å². The molecule has 0 radical (unpaired) electrons. The third kappa shape index (κ3) is 7.66. The standard InChI is InChI=1S/C21H32N6O2.HI/c1-22-21(23-11-5-6-12-27-15-25-26-16-27)24-14-17-9-10-19(28-2)13-20(17)29-18-7-3-4-8-18;/h9-10,13,15-16,18H,3-8,11-12,14H2,1-2H3,(H2,22,23,24);1H. The van der Waals surface area contributed by atoms with E-state index in [1.807, 2.05) is 16.7 Å². The Morgan fingerprint density at radius 1 is 1.17 bits per heavy atom. The first kappa shape index (κ1) is 24.2. The van der Waals surface area contributed by atoms with E-state index in [-0.39, 0.29) is 24.0 Å². The van der Waals surface area contributed by atoms with E-state index in [0.29, 0.717) is 12.6 Å². The van der Waals surface area contributed by atoms with Crippen LogP contribution < -0.4 is 20.1 Å². The predicted octanol–water partition coefficient (Wildman–Crippen LogP) is 3.37. The Hall–Kier alpha value is -2.04. The summed E-state index contributed by atoms with van der Waals surface area (Å²) in [6.45, 7) is 2.43. The first-order chi connectivity index (χ1) is 14.3. The van der Waals surface area contributed by atoms with Crippen molar-refractivity contribution in [3.63, 3.8) is 0 Å². The molecule has 3 rings (SSSR count). The number of rotatable bonds is 10. The Kier molecular flexibility index (Phi) is 10.7. The minimum Gasteiger partial charge on any atom is -0.497 e. The molecule has 1 aliphatic rings. The fourth-order valence-electron chi connectivity index (χ4n) is 3.47. The number of nitrogens with zero attached hydrogens (tertiary/aromatic N) is 4. The highest BCUT2D eigenvalue weighted by Gasteiger charge is 2.18. The van der Waals surface area contributed by atoms with Gasteiger partial charge in [-0.15, -0.1) is 34.2 Å². The van der Waals surface area contributed by atoms with Crippen molar-refractivity contribution in [2.75, 3.05) is 20.7 Å². The maximum absolute atomic E-state index is 6.27. The van der Waals surface area contributed by atoms with Crippen molar-refractivity contribution in [3.05, 3.63) is 36.4 Å². The molecule has 0 bridgehead atoms. The number of guanidine groups is 1. The van der Waals surface area contributed by atoms with Gasteiger partial charge in [0.05, 0.1) is 13.2 Å². The largest absolute Gasteiger partial charge is 0.497 e. The summed E-state index contributed by atoms with van der Waals surface area (Å²) in [6.07, 6.45) is 10.6. The van der Waals surface area contributed by atoms with Crippen molar-refractivity contribution in [3.8, 4) is 11.5 Å². The summed E-state index contributed by atoms with van der Waals surface area (Å²) in [5, 5.41) is 14.4. The van der Waals surface area contributed by atoms with Crippen LogP contribution in [0.2, 0.25) is 0 Å². The van der Waals surface area contributed by atoms with Crippen LogP contribution >= 0.6 is 24.0 Å². The van der Waals surface area contributed by atoms with Gasteiger partial charge in [0.25, 0.3) is 0 Å². The number of aliphatic imine (C=N–C) groups is 1. The topological polar surface area (TPSA) is 85.6 Å². The van der Waals surface area contributed by atoms with E-state index in [1.165, 1.54) is 12.8 Å². The monoisotopic (exact) mass is 528 g/mol. The fourth-order valence-corrected chi connectivity index (χ4v) is 3.47. The highest BCUT2D eigenvalue weighted by atomic mass is 127. The summed E-state index contributed by atoms with van der Waals surface area (Å²) in [6, 6.07) is 6.01. The number of benzene rings is 1. The van der Waals surface area contributed by atoms with E-state index in [0.717, 1.165) is 61.8 Å². The Balaban J connectivity index is 0.00000320. The van der Waals surface area contributed by atoms with Gasteiger partial charge in [0, 0.05) is 38.3 Å². The number of aryl methyl sites for hydroxylation is 1. The third-order valence-electron chi connectivity index (χ3n) is 5.14. The summed E-state index contributed by atoms with van der Waals surface area (Å²) in [7, 11) is 3.47. The second-order valence-corrected chi connectivity index (χ2v) is 7.26. The first-order valence-corrected chi connectivity index (χ1v) is 10.4. The first-order valence-electron chi connectivity index (χ1n) is 10.4. The molecule has 1 saturated carbocycles. The van der Waals surface area contributed by atoms with E-state index in [9.17, 15) is 0 Å². The van der Waals surface area contributed by atoms with Gasteiger partial charge in [0.15, 0.2) is 5.96 Å². The number of nitrogens with one attached hydrogen (secondary N) is 2. The zero-order chi connectivity index (χ0) is 20.3. The van der Waals surface area contributed by atoms with Crippen LogP contribution in [0.4, 0.5) is 0 Å². The molecule has 0 saturated heterocycles. The summed E-state index contributed by atoms with van der Waals surface area (Å²) < 4.78 is 13.6. The van der Waals surface area contributed by atoms with Gasteiger partial charge in [-0.05, 0) is 50.7 Å². The molecule has 0 atom stereocenters. The quantitative estimate of drug-likeness (QED) is 0.213. The molecule has 1 fully saturated rings. The fraction of sp³-hybridized carbons (Fsp3) is 0.571. The van der Waals surface area contributed by atoms with Crippen molar-refractivity contribution in [1.82, 2.24) is 25.4 Å². The van der Waals surface area contributed by atoms with E-state index >= 15 is 0 Å². The number of ether oxygens (including phenoxy) is 2. The van der Waals surface area contributed by atoms with Gasteiger partial charge in [0.1, 0.15) is 24.2 Å². The van der Waals surface area contributed by atoms with Gasteiger partial charge < -0.3 is 24.7 Å². The van der Waals surface area contributed by atoms with Crippen molar-refractivity contribution >= 4 is 29.9 Å². The summed E-state index contributed by atoms with van der Waals surface area (Å²) in [5.41, 5.74) is 1.10. The molecule has 0 amide bonds. The molecule has 1 aromatic heterocycles. The third-order valence-corrected chi connectivity index (χ3v) is 5.14. The molecule has 1 aliphatic carbocycles. The van der Waals surface area contributed by atoms with E-state index in [2.05, 4.69) is 31.9 Å². The molecular weight excluding hydrogens is 495 g/mol. The van der Waals surface area contributed by atoms with Crippen LogP contribution in [0.5, 0.6) is 11.5 Å². The van der Waals surface area contributed by atoms with Gasteiger partial charge >= 0.3 is 0 Å². The number of unbranched alkanes of at least 4 members (excludes halogenated alkanes) is 1. The maximum atomic E-state index is 6.27. The van der Waals surface area contributed by atoms with Gasteiger partial charge in [-0.2, -0.15) is 0 Å². The molecule has 1 heterocycles. The van der Waals surface area contributed by atoms with Crippen LogP contribution in [-0.4, -0.2) is 47.5 Å². The van der Waals surface area contributed by atoms with Crippen LogP contribution in [0.25, 0.3) is 0 Å². The number of aromatic nitrogens is 3. The molecule has 30 heavy (non-hydrogen) atoms. The van der Waals surface area contributed by atoms with E-state index in [1.54, 1.807) is 26.8 Å². The Morgan fingerprint density at radius 3 is 2.63 bits per heavy atom. The Bertz CT molecular complexity index is 763. The SMILES string of the molecule is CN=C(NCCCCn1cnnc1)NCc1ccc(OC)cc1OC1CCCC1.I. The van der Waals surface area contributed by atoms with Gasteiger partial charge in [-0.3, -0.25) is 4.99 Å². The second kappa shape index (κ2) is 13.3. The second-order valence-electron chi connectivity index (χ2n) is 7.26. The van der Waals surface area contributed by atoms with Crippen LogP contribution in [-0.2, 0) is 13.1 Å². The van der Waals surface area contributed by atoms with Crippen LogP contribution in [0.15, 0.2) is 35.8 Å². The van der Waals surface area contributed by atoms with Gasteiger partial charge in [-0.25, -0.2) is 0 Å². The average molecular weight is 528 g/mol. The molecule has 9 heteroatoms. The molecule has 0 unspecified atom stereocenters. The minimum atomic E-state index is 0. The number of halogens is 1. The Labute approximate surface area is 195 Å². The normalized spacial score (nSPS) is 14.3. The molecule has 166 valence electrons. The lowest BCUT2D eigenvalue weighted by Crippen LogP contribution is -2.37. The lowest BCUT2D eigenvalue weighted by molar-refractivity contribution is 0.207.